The van der Waals surface area contributed by atoms with Crippen molar-refractivity contribution in [1.82, 2.24) is 0 Å². The Labute approximate surface area is 99.1 Å². The summed E-state index contributed by atoms with van der Waals surface area (Å²) in [4.78, 5) is 0. The van der Waals surface area contributed by atoms with Crippen molar-refractivity contribution in [2.45, 2.75) is 44.9 Å². The van der Waals surface area contributed by atoms with E-state index < -0.39 is 0 Å². The van der Waals surface area contributed by atoms with Crippen LogP contribution in [0.5, 0.6) is 0 Å². The molecule has 2 rings (SSSR count). The van der Waals surface area contributed by atoms with Gasteiger partial charge in [-0.15, -0.1) is 0 Å². The fourth-order valence-electron chi connectivity index (χ4n) is 2.44. The SMILES string of the molecule is C(#Cc1ccccc1)CCC1CCCCC1. The minimum Gasteiger partial charge on any atom is -0.0979 e. The fourth-order valence-corrected chi connectivity index (χ4v) is 2.44. The van der Waals surface area contributed by atoms with Gasteiger partial charge in [-0.25, -0.2) is 0 Å². The number of hydrogen-bond donors (Lipinski definition) is 0. The van der Waals surface area contributed by atoms with E-state index in [1.54, 1.807) is 0 Å². The lowest BCUT2D eigenvalue weighted by Gasteiger charge is -2.20. The molecule has 1 aliphatic rings. The van der Waals surface area contributed by atoms with Gasteiger partial charge in [-0.2, -0.15) is 0 Å². The second kappa shape index (κ2) is 6.38. The van der Waals surface area contributed by atoms with Crippen molar-refractivity contribution in [3.63, 3.8) is 0 Å². The predicted octanol–water partition coefficient (Wildman–Crippen LogP) is 4.40. The van der Waals surface area contributed by atoms with Crippen LogP contribution in [0.25, 0.3) is 0 Å². The van der Waals surface area contributed by atoms with E-state index in [0.717, 1.165) is 17.9 Å². The van der Waals surface area contributed by atoms with Crippen LogP contribution in [0.4, 0.5) is 0 Å². The number of rotatable bonds is 2. The summed E-state index contributed by atoms with van der Waals surface area (Å²) in [6.07, 6.45) is 9.58. The van der Waals surface area contributed by atoms with Crippen molar-refractivity contribution in [2.24, 2.45) is 5.92 Å². The van der Waals surface area contributed by atoms with Gasteiger partial charge in [0.15, 0.2) is 0 Å². The molecular formula is C16H20. The topological polar surface area (TPSA) is 0 Å². The molecule has 0 aliphatic heterocycles. The van der Waals surface area contributed by atoms with Gasteiger partial charge >= 0.3 is 0 Å². The molecule has 1 aliphatic carbocycles. The van der Waals surface area contributed by atoms with Crippen molar-refractivity contribution in [3.8, 4) is 11.8 Å². The third-order valence-corrected chi connectivity index (χ3v) is 3.41. The molecule has 1 aromatic rings. The van der Waals surface area contributed by atoms with Gasteiger partial charge in [-0.1, -0.05) is 62.1 Å². The number of hydrogen-bond acceptors (Lipinski definition) is 0. The Kier molecular flexibility index (Phi) is 4.50. The van der Waals surface area contributed by atoms with Crippen LogP contribution in [0.1, 0.15) is 50.5 Å². The standard InChI is InChI=1S/C16H20/c1-3-9-15(10-4-1)13-7-8-14-16-11-5-2-6-12-16/h1,3-4,9-10,16H,2,5-6,8,11-12,14H2. The summed E-state index contributed by atoms with van der Waals surface area (Å²) < 4.78 is 0. The summed E-state index contributed by atoms with van der Waals surface area (Å²) in [5, 5.41) is 0. The molecule has 0 spiro atoms. The molecule has 1 aromatic carbocycles. The van der Waals surface area contributed by atoms with Crippen molar-refractivity contribution < 1.29 is 0 Å². The third-order valence-electron chi connectivity index (χ3n) is 3.41. The van der Waals surface area contributed by atoms with Crippen LogP contribution in [0.15, 0.2) is 30.3 Å². The zero-order valence-corrected chi connectivity index (χ0v) is 9.91. The van der Waals surface area contributed by atoms with E-state index in [4.69, 9.17) is 0 Å². The Morgan fingerprint density at radius 3 is 2.50 bits per heavy atom. The maximum absolute atomic E-state index is 3.30. The minimum absolute atomic E-state index is 0.957. The molecule has 0 amide bonds. The molecule has 0 bridgehead atoms. The van der Waals surface area contributed by atoms with Crippen molar-refractivity contribution in [3.05, 3.63) is 35.9 Å². The van der Waals surface area contributed by atoms with E-state index in [2.05, 4.69) is 24.0 Å². The molecule has 0 aromatic heterocycles. The zero-order valence-electron chi connectivity index (χ0n) is 9.91. The van der Waals surface area contributed by atoms with Gasteiger partial charge in [-0.3, -0.25) is 0 Å². The lowest BCUT2D eigenvalue weighted by atomic mass is 9.86. The van der Waals surface area contributed by atoms with Crippen molar-refractivity contribution >= 4 is 0 Å². The first-order chi connectivity index (χ1) is 7.95. The van der Waals surface area contributed by atoms with Gasteiger partial charge in [0.1, 0.15) is 0 Å². The van der Waals surface area contributed by atoms with Crippen molar-refractivity contribution in [1.29, 1.82) is 0 Å². The lowest BCUT2D eigenvalue weighted by molar-refractivity contribution is 0.342. The maximum atomic E-state index is 3.30. The molecule has 0 radical (unpaired) electrons. The summed E-state index contributed by atoms with van der Waals surface area (Å²) in [5.74, 6) is 7.49. The molecule has 1 saturated carbocycles. The Morgan fingerprint density at radius 2 is 1.75 bits per heavy atom. The second-order valence-corrected chi connectivity index (χ2v) is 4.71. The average Bonchev–Trinajstić information content (AvgIpc) is 2.37. The molecule has 0 saturated heterocycles. The first-order valence-corrected chi connectivity index (χ1v) is 6.49. The van der Waals surface area contributed by atoms with E-state index >= 15 is 0 Å². The molecular weight excluding hydrogens is 192 g/mol. The highest BCUT2D eigenvalue weighted by atomic mass is 14.2. The third kappa shape index (κ3) is 3.74. The van der Waals surface area contributed by atoms with Gasteiger partial charge < -0.3 is 0 Å². The quantitative estimate of drug-likeness (QED) is 0.637. The van der Waals surface area contributed by atoms with Crippen LogP contribution in [0.3, 0.4) is 0 Å². The fraction of sp³-hybridized carbons (Fsp3) is 0.500. The van der Waals surface area contributed by atoms with E-state index in [0.29, 0.717) is 0 Å². The molecule has 1 fully saturated rings. The Hall–Kier alpha value is -1.22. The Bertz CT molecular complexity index is 347. The average molecular weight is 212 g/mol. The first kappa shape index (κ1) is 11.3. The lowest BCUT2D eigenvalue weighted by Crippen LogP contribution is -2.05. The van der Waals surface area contributed by atoms with Gasteiger partial charge in [0, 0.05) is 12.0 Å². The van der Waals surface area contributed by atoms with Crippen LogP contribution >= 0.6 is 0 Å². The highest BCUT2D eigenvalue weighted by molar-refractivity contribution is 5.33. The van der Waals surface area contributed by atoms with E-state index in [-0.39, 0.29) is 0 Å². The van der Waals surface area contributed by atoms with Gasteiger partial charge in [-0.05, 0) is 24.5 Å². The molecule has 84 valence electrons. The van der Waals surface area contributed by atoms with Crippen LogP contribution in [0, 0.1) is 17.8 Å². The first-order valence-electron chi connectivity index (χ1n) is 6.49. The summed E-state index contributed by atoms with van der Waals surface area (Å²) in [5.41, 5.74) is 1.14. The maximum Gasteiger partial charge on any atom is 0.0245 e. The Morgan fingerprint density at radius 1 is 1.00 bits per heavy atom. The van der Waals surface area contributed by atoms with Crippen LogP contribution in [0.2, 0.25) is 0 Å². The second-order valence-electron chi connectivity index (χ2n) is 4.71. The molecule has 0 N–H and O–H groups in total. The summed E-state index contributed by atoms with van der Waals surface area (Å²) in [6.45, 7) is 0. The van der Waals surface area contributed by atoms with E-state index in [9.17, 15) is 0 Å². The van der Waals surface area contributed by atoms with E-state index in [1.165, 1.54) is 38.5 Å². The predicted molar refractivity (Wildman–Crippen MR) is 69.1 cm³/mol. The Balaban J connectivity index is 1.73. The molecule has 16 heavy (non-hydrogen) atoms. The molecule has 0 unspecified atom stereocenters. The van der Waals surface area contributed by atoms with Gasteiger partial charge in [0.05, 0.1) is 0 Å². The van der Waals surface area contributed by atoms with Gasteiger partial charge in [0.25, 0.3) is 0 Å². The summed E-state index contributed by atoms with van der Waals surface area (Å²) >= 11 is 0. The van der Waals surface area contributed by atoms with Crippen LogP contribution in [-0.2, 0) is 0 Å². The largest absolute Gasteiger partial charge is 0.0979 e. The van der Waals surface area contributed by atoms with Crippen LogP contribution in [-0.4, -0.2) is 0 Å². The normalized spacial score (nSPS) is 16.5. The highest BCUT2D eigenvalue weighted by Gasteiger charge is 2.11. The zero-order chi connectivity index (χ0) is 11.1. The summed E-state index contributed by atoms with van der Waals surface area (Å²) in [6, 6.07) is 10.3. The smallest absolute Gasteiger partial charge is 0.0245 e. The van der Waals surface area contributed by atoms with Gasteiger partial charge in [0.2, 0.25) is 0 Å². The molecule has 0 atom stereocenters. The monoisotopic (exact) mass is 212 g/mol. The molecule has 0 nitrogen and oxygen atoms in total. The summed E-state index contributed by atoms with van der Waals surface area (Å²) in [7, 11) is 0. The van der Waals surface area contributed by atoms with Crippen molar-refractivity contribution in [2.75, 3.05) is 0 Å². The number of benzene rings is 1. The van der Waals surface area contributed by atoms with Crippen LogP contribution < -0.4 is 0 Å². The minimum atomic E-state index is 0.957. The molecule has 0 heteroatoms. The highest BCUT2D eigenvalue weighted by Crippen LogP contribution is 2.26. The molecule has 0 heterocycles. The van der Waals surface area contributed by atoms with E-state index in [1.807, 2.05) is 18.2 Å².